The Kier molecular flexibility index (Phi) is 3.08. The first-order valence-electron chi connectivity index (χ1n) is 6.61. The van der Waals surface area contributed by atoms with Crippen LogP contribution in [0.5, 0.6) is 0 Å². The average molecular weight is 280 g/mol. The zero-order chi connectivity index (χ0) is 13.6. The lowest BCUT2D eigenvalue weighted by molar-refractivity contribution is -0.0549. The molecule has 3 nitrogen and oxygen atoms in total. The number of hydrogen-bond acceptors (Lipinski definition) is 3. The third-order valence-electron chi connectivity index (χ3n) is 4.22. The van der Waals surface area contributed by atoms with E-state index in [1.165, 1.54) is 0 Å². The van der Waals surface area contributed by atoms with Gasteiger partial charge in [-0.3, -0.25) is 0 Å². The van der Waals surface area contributed by atoms with Crippen molar-refractivity contribution in [1.29, 1.82) is 0 Å². The summed E-state index contributed by atoms with van der Waals surface area (Å²) in [5, 5.41) is 12.4. The smallest absolute Gasteiger partial charge is 0.153 e. The third-order valence-corrected chi connectivity index (χ3v) is 4.52. The van der Waals surface area contributed by atoms with Gasteiger partial charge in [-0.05, 0) is 38.9 Å². The highest BCUT2D eigenvalue weighted by atomic mass is 35.5. The Balaban J connectivity index is 2.02. The molecular weight excluding hydrogens is 262 g/mol. The van der Waals surface area contributed by atoms with E-state index in [0.29, 0.717) is 35.2 Å². The minimum absolute atomic E-state index is 0.336. The number of aliphatic hydroxyl groups is 1. The second-order valence-corrected chi connectivity index (χ2v) is 5.99. The SMILES string of the molecule is CC1CC(O)(c2cc3cccc(Cl)c3o2)CCN1C. The molecule has 1 saturated heterocycles. The number of para-hydroxylation sites is 1. The largest absolute Gasteiger partial charge is 0.456 e. The molecule has 1 N–H and O–H groups in total. The van der Waals surface area contributed by atoms with Crippen molar-refractivity contribution in [2.24, 2.45) is 0 Å². The number of nitrogens with zero attached hydrogens (tertiary/aromatic N) is 1. The second kappa shape index (κ2) is 4.51. The van der Waals surface area contributed by atoms with E-state index in [1.54, 1.807) is 6.07 Å². The number of furan rings is 1. The summed E-state index contributed by atoms with van der Waals surface area (Å²) in [7, 11) is 2.08. The lowest BCUT2D eigenvalue weighted by Gasteiger charge is -2.39. The van der Waals surface area contributed by atoms with E-state index in [4.69, 9.17) is 16.0 Å². The van der Waals surface area contributed by atoms with Crippen molar-refractivity contribution in [3.05, 3.63) is 35.0 Å². The third kappa shape index (κ3) is 2.16. The van der Waals surface area contributed by atoms with E-state index >= 15 is 0 Å². The summed E-state index contributed by atoms with van der Waals surface area (Å²) in [6, 6.07) is 7.90. The molecule has 102 valence electrons. The van der Waals surface area contributed by atoms with Crippen LogP contribution < -0.4 is 0 Å². The molecule has 1 aromatic heterocycles. The van der Waals surface area contributed by atoms with Gasteiger partial charge in [-0.15, -0.1) is 0 Å². The Bertz CT molecular complexity index is 609. The number of piperidine rings is 1. The van der Waals surface area contributed by atoms with E-state index in [0.717, 1.165) is 11.9 Å². The van der Waals surface area contributed by atoms with Crippen LogP contribution in [-0.2, 0) is 5.60 Å². The van der Waals surface area contributed by atoms with Gasteiger partial charge in [0.1, 0.15) is 11.4 Å². The Labute approximate surface area is 117 Å². The zero-order valence-electron chi connectivity index (χ0n) is 11.2. The van der Waals surface area contributed by atoms with Gasteiger partial charge in [0.05, 0.1) is 5.02 Å². The van der Waals surface area contributed by atoms with Gasteiger partial charge in [-0.1, -0.05) is 23.7 Å². The number of hydrogen-bond donors (Lipinski definition) is 1. The van der Waals surface area contributed by atoms with Crippen LogP contribution in [0.4, 0.5) is 0 Å². The van der Waals surface area contributed by atoms with Crippen LogP contribution in [0.3, 0.4) is 0 Å². The highest BCUT2D eigenvalue weighted by Gasteiger charge is 2.39. The number of benzene rings is 1. The lowest BCUT2D eigenvalue weighted by atomic mass is 9.85. The predicted octanol–water partition coefficient (Wildman–Crippen LogP) is 3.39. The van der Waals surface area contributed by atoms with Crippen molar-refractivity contribution in [1.82, 2.24) is 4.90 Å². The molecule has 1 aliphatic heterocycles. The number of likely N-dealkylation sites (tertiary alicyclic amines) is 1. The summed E-state index contributed by atoms with van der Waals surface area (Å²) < 4.78 is 5.82. The molecule has 4 heteroatoms. The molecule has 2 heterocycles. The number of rotatable bonds is 1. The van der Waals surface area contributed by atoms with Crippen molar-refractivity contribution in [3.63, 3.8) is 0 Å². The van der Waals surface area contributed by atoms with Crippen molar-refractivity contribution in [3.8, 4) is 0 Å². The molecule has 0 amide bonds. The van der Waals surface area contributed by atoms with Gasteiger partial charge >= 0.3 is 0 Å². The van der Waals surface area contributed by atoms with E-state index in [-0.39, 0.29) is 0 Å². The van der Waals surface area contributed by atoms with Crippen LogP contribution in [-0.4, -0.2) is 29.6 Å². The van der Waals surface area contributed by atoms with Crippen molar-refractivity contribution in [2.75, 3.05) is 13.6 Å². The van der Waals surface area contributed by atoms with Gasteiger partial charge < -0.3 is 14.4 Å². The van der Waals surface area contributed by atoms with Gasteiger partial charge in [-0.25, -0.2) is 0 Å². The van der Waals surface area contributed by atoms with Crippen molar-refractivity contribution in [2.45, 2.75) is 31.4 Å². The summed E-state index contributed by atoms with van der Waals surface area (Å²) in [6.07, 6.45) is 1.37. The van der Waals surface area contributed by atoms with Gasteiger partial charge in [0.15, 0.2) is 5.58 Å². The van der Waals surface area contributed by atoms with E-state index in [1.807, 2.05) is 18.2 Å². The number of halogens is 1. The van der Waals surface area contributed by atoms with Crippen molar-refractivity contribution >= 4 is 22.6 Å². The normalized spacial score (nSPS) is 28.9. The van der Waals surface area contributed by atoms with Crippen LogP contribution in [0.1, 0.15) is 25.5 Å². The molecule has 2 aromatic rings. The molecule has 2 unspecified atom stereocenters. The molecule has 0 bridgehead atoms. The Morgan fingerprint density at radius 1 is 1.47 bits per heavy atom. The average Bonchev–Trinajstić information content (AvgIpc) is 2.81. The number of fused-ring (bicyclic) bond motifs is 1. The monoisotopic (exact) mass is 279 g/mol. The first-order chi connectivity index (χ1) is 8.99. The van der Waals surface area contributed by atoms with E-state index in [9.17, 15) is 5.11 Å². The lowest BCUT2D eigenvalue weighted by Crippen LogP contribution is -2.45. The van der Waals surface area contributed by atoms with Gasteiger partial charge in [0.25, 0.3) is 0 Å². The molecule has 0 aliphatic carbocycles. The molecule has 1 aliphatic rings. The van der Waals surface area contributed by atoms with Crippen LogP contribution in [0.25, 0.3) is 11.0 Å². The van der Waals surface area contributed by atoms with Crippen LogP contribution >= 0.6 is 11.6 Å². The zero-order valence-corrected chi connectivity index (χ0v) is 11.9. The Hall–Kier alpha value is -1.03. The van der Waals surface area contributed by atoms with Gasteiger partial charge in [-0.2, -0.15) is 0 Å². The highest BCUT2D eigenvalue weighted by molar-refractivity contribution is 6.34. The molecule has 0 saturated carbocycles. The van der Waals surface area contributed by atoms with Crippen LogP contribution in [0, 0.1) is 0 Å². The summed E-state index contributed by atoms with van der Waals surface area (Å²) in [5.41, 5.74) is -0.215. The van der Waals surface area contributed by atoms with Crippen molar-refractivity contribution < 1.29 is 9.52 Å². The summed E-state index contributed by atoms with van der Waals surface area (Å²) in [5.74, 6) is 0.635. The molecular formula is C15H18ClNO2. The van der Waals surface area contributed by atoms with Gasteiger partial charge in [0.2, 0.25) is 0 Å². The maximum atomic E-state index is 10.9. The molecule has 1 fully saturated rings. The van der Waals surface area contributed by atoms with E-state index < -0.39 is 5.60 Å². The Morgan fingerprint density at radius 3 is 2.95 bits per heavy atom. The highest BCUT2D eigenvalue weighted by Crippen LogP contribution is 2.39. The maximum absolute atomic E-state index is 10.9. The molecule has 1 aromatic carbocycles. The molecule has 0 radical (unpaired) electrons. The quantitative estimate of drug-likeness (QED) is 0.869. The molecule has 19 heavy (non-hydrogen) atoms. The topological polar surface area (TPSA) is 36.6 Å². The maximum Gasteiger partial charge on any atom is 0.153 e. The van der Waals surface area contributed by atoms with Crippen LogP contribution in [0.2, 0.25) is 5.02 Å². The van der Waals surface area contributed by atoms with E-state index in [2.05, 4.69) is 18.9 Å². The van der Waals surface area contributed by atoms with Crippen LogP contribution in [0.15, 0.2) is 28.7 Å². The summed E-state index contributed by atoms with van der Waals surface area (Å²) in [4.78, 5) is 2.25. The predicted molar refractivity (Wildman–Crippen MR) is 76.4 cm³/mol. The molecule has 3 rings (SSSR count). The summed E-state index contributed by atoms with van der Waals surface area (Å²) >= 11 is 6.12. The minimum atomic E-state index is -0.881. The summed E-state index contributed by atoms with van der Waals surface area (Å²) in [6.45, 7) is 2.99. The Morgan fingerprint density at radius 2 is 2.26 bits per heavy atom. The fraction of sp³-hybridized carbons (Fsp3) is 0.467. The fourth-order valence-electron chi connectivity index (χ4n) is 2.81. The first kappa shape index (κ1) is 13.0. The fourth-order valence-corrected chi connectivity index (χ4v) is 3.03. The minimum Gasteiger partial charge on any atom is -0.456 e. The second-order valence-electron chi connectivity index (χ2n) is 5.58. The molecule has 0 spiro atoms. The standard InChI is InChI=1S/C15H18ClNO2/c1-10-9-15(18,6-7-17(10)2)13-8-11-4-3-5-12(16)14(11)19-13/h3-5,8,10,18H,6-7,9H2,1-2H3. The first-order valence-corrected chi connectivity index (χ1v) is 6.98. The molecule has 2 atom stereocenters. The van der Waals surface area contributed by atoms with Gasteiger partial charge in [0, 0.05) is 18.0 Å².